The van der Waals surface area contributed by atoms with Crippen LogP contribution in [0.25, 0.3) is 16.6 Å². The van der Waals surface area contributed by atoms with Crippen molar-refractivity contribution in [2.24, 2.45) is 0 Å². The van der Waals surface area contributed by atoms with Crippen LogP contribution in [0.4, 0.5) is 13.2 Å². The molecule has 0 fully saturated rings. The Morgan fingerprint density at radius 1 is 0.947 bits per heavy atom. The van der Waals surface area contributed by atoms with Crippen molar-refractivity contribution in [1.29, 1.82) is 0 Å². The molecule has 7 nitrogen and oxygen atoms in total. The second kappa shape index (κ2) is 10.5. The molecule has 3 aromatic carbocycles. The summed E-state index contributed by atoms with van der Waals surface area (Å²) in [5, 5.41) is 2.80. The fraction of sp³-hybridized carbons (Fsp3) is 0.214. The van der Waals surface area contributed by atoms with E-state index in [0.29, 0.717) is 5.56 Å². The van der Waals surface area contributed by atoms with Gasteiger partial charge in [0.1, 0.15) is 6.04 Å². The van der Waals surface area contributed by atoms with Gasteiger partial charge >= 0.3 is 11.9 Å². The monoisotopic (exact) mass is 523 g/mol. The van der Waals surface area contributed by atoms with E-state index in [1.54, 1.807) is 37.3 Å². The molecule has 0 aliphatic rings. The highest BCUT2D eigenvalue weighted by Crippen LogP contribution is 2.29. The molecule has 0 spiro atoms. The van der Waals surface area contributed by atoms with Gasteiger partial charge in [-0.2, -0.15) is 13.2 Å². The normalized spacial score (nSPS) is 12.3. The van der Waals surface area contributed by atoms with Crippen molar-refractivity contribution in [3.63, 3.8) is 0 Å². The first-order valence-electron chi connectivity index (χ1n) is 11.8. The zero-order valence-corrected chi connectivity index (χ0v) is 20.6. The number of ketones is 1. The SMILES string of the molecule is CCC(C(=O)NCc1cccc(C(F)(F)F)c1)n1c(=O)n(-c2cccc(C(C)=O)c2)c(=O)c2ccccc21. The molecule has 0 aliphatic heterocycles. The van der Waals surface area contributed by atoms with E-state index in [1.165, 1.54) is 41.8 Å². The number of Topliss-reactive ketones (excluding diaryl/α,β-unsaturated/α-hetero) is 1. The number of nitrogens with zero attached hydrogens (tertiary/aromatic N) is 2. The van der Waals surface area contributed by atoms with Crippen LogP contribution in [0.5, 0.6) is 0 Å². The molecule has 1 unspecified atom stereocenters. The smallest absolute Gasteiger partial charge is 0.350 e. The van der Waals surface area contributed by atoms with Gasteiger partial charge in [0.25, 0.3) is 5.56 Å². The number of hydrogen-bond donors (Lipinski definition) is 1. The number of para-hydroxylation sites is 1. The van der Waals surface area contributed by atoms with Gasteiger partial charge in [0.05, 0.1) is 22.2 Å². The molecule has 0 radical (unpaired) electrons. The summed E-state index contributed by atoms with van der Waals surface area (Å²) in [7, 11) is 0. The Morgan fingerprint density at radius 2 is 1.66 bits per heavy atom. The molecular formula is C28H24F3N3O4. The first kappa shape index (κ1) is 26.6. The van der Waals surface area contributed by atoms with Gasteiger partial charge in [-0.05, 0) is 55.3 Å². The summed E-state index contributed by atoms with van der Waals surface area (Å²) >= 11 is 0. The first-order valence-corrected chi connectivity index (χ1v) is 11.8. The average molecular weight is 524 g/mol. The van der Waals surface area contributed by atoms with E-state index >= 15 is 0 Å². The molecule has 10 heteroatoms. The Morgan fingerprint density at radius 3 is 2.34 bits per heavy atom. The topological polar surface area (TPSA) is 90.2 Å². The summed E-state index contributed by atoms with van der Waals surface area (Å²) in [6, 6.07) is 15.9. The number of nitrogens with one attached hydrogen (secondary N) is 1. The third-order valence-corrected chi connectivity index (χ3v) is 6.23. The number of hydrogen-bond acceptors (Lipinski definition) is 4. The summed E-state index contributed by atoms with van der Waals surface area (Å²) in [5.41, 5.74) is -1.27. The molecule has 0 aliphatic carbocycles. The lowest BCUT2D eigenvalue weighted by molar-refractivity contribution is -0.137. The molecule has 1 aromatic heterocycles. The Bertz CT molecular complexity index is 1650. The number of benzene rings is 3. The zero-order chi connectivity index (χ0) is 27.6. The van der Waals surface area contributed by atoms with Crippen molar-refractivity contribution in [2.45, 2.75) is 39.0 Å². The molecular weight excluding hydrogens is 499 g/mol. The van der Waals surface area contributed by atoms with E-state index < -0.39 is 34.9 Å². The summed E-state index contributed by atoms with van der Waals surface area (Å²) < 4.78 is 41.3. The summed E-state index contributed by atoms with van der Waals surface area (Å²) in [4.78, 5) is 52.3. The van der Waals surface area contributed by atoms with E-state index in [2.05, 4.69) is 5.32 Å². The quantitative estimate of drug-likeness (QED) is 0.358. The molecule has 38 heavy (non-hydrogen) atoms. The number of aromatic nitrogens is 2. The van der Waals surface area contributed by atoms with Crippen molar-refractivity contribution in [3.8, 4) is 5.69 Å². The predicted octanol–water partition coefficient (Wildman–Crippen LogP) is 4.64. The van der Waals surface area contributed by atoms with Crippen LogP contribution in [0.1, 0.15) is 47.8 Å². The van der Waals surface area contributed by atoms with Gasteiger partial charge in [-0.1, -0.05) is 43.3 Å². The molecule has 0 saturated carbocycles. The van der Waals surface area contributed by atoms with Gasteiger partial charge in [0.15, 0.2) is 5.78 Å². The molecule has 196 valence electrons. The van der Waals surface area contributed by atoms with E-state index in [0.717, 1.165) is 16.7 Å². The fourth-order valence-electron chi connectivity index (χ4n) is 4.33. The summed E-state index contributed by atoms with van der Waals surface area (Å²) in [6.45, 7) is 2.86. The van der Waals surface area contributed by atoms with Crippen LogP contribution >= 0.6 is 0 Å². The average Bonchev–Trinajstić information content (AvgIpc) is 2.89. The van der Waals surface area contributed by atoms with Crippen LogP contribution in [0, 0.1) is 0 Å². The number of carbonyl (C=O) groups is 2. The Hall–Kier alpha value is -4.47. The van der Waals surface area contributed by atoms with Gasteiger partial charge in [0.2, 0.25) is 5.91 Å². The maximum Gasteiger partial charge on any atom is 0.416 e. The Kier molecular flexibility index (Phi) is 7.34. The molecule has 1 amide bonds. The van der Waals surface area contributed by atoms with E-state index in [1.807, 2.05) is 0 Å². The van der Waals surface area contributed by atoms with Crippen LogP contribution < -0.4 is 16.6 Å². The number of halogens is 3. The van der Waals surface area contributed by atoms with Crippen molar-refractivity contribution < 1.29 is 22.8 Å². The highest BCUT2D eigenvalue weighted by Gasteiger charge is 2.30. The van der Waals surface area contributed by atoms with E-state index in [-0.39, 0.29) is 40.9 Å². The van der Waals surface area contributed by atoms with Crippen LogP contribution in [0.15, 0.2) is 82.4 Å². The largest absolute Gasteiger partial charge is 0.416 e. The highest BCUT2D eigenvalue weighted by molar-refractivity contribution is 5.94. The number of rotatable bonds is 7. The summed E-state index contributed by atoms with van der Waals surface area (Å²) in [6.07, 6.45) is -4.37. The van der Waals surface area contributed by atoms with Crippen LogP contribution in [-0.4, -0.2) is 20.8 Å². The maximum absolute atomic E-state index is 13.8. The predicted molar refractivity (Wildman–Crippen MR) is 136 cm³/mol. The van der Waals surface area contributed by atoms with Crippen molar-refractivity contribution >= 4 is 22.6 Å². The zero-order valence-electron chi connectivity index (χ0n) is 20.6. The van der Waals surface area contributed by atoms with Crippen molar-refractivity contribution in [1.82, 2.24) is 14.5 Å². The van der Waals surface area contributed by atoms with Crippen LogP contribution in [-0.2, 0) is 17.5 Å². The Balaban J connectivity index is 1.79. The van der Waals surface area contributed by atoms with Crippen molar-refractivity contribution in [3.05, 3.63) is 110 Å². The molecule has 4 rings (SSSR count). The maximum atomic E-state index is 13.8. The van der Waals surface area contributed by atoms with Crippen LogP contribution in [0.3, 0.4) is 0 Å². The van der Waals surface area contributed by atoms with E-state index in [9.17, 15) is 32.3 Å². The first-order chi connectivity index (χ1) is 18.0. The van der Waals surface area contributed by atoms with Gasteiger partial charge in [-0.3, -0.25) is 19.0 Å². The molecule has 1 atom stereocenters. The second-order valence-electron chi connectivity index (χ2n) is 8.76. The third-order valence-electron chi connectivity index (χ3n) is 6.23. The number of fused-ring (bicyclic) bond motifs is 1. The molecule has 1 heterocycles. The minimum Gasteiger partial charge on any atom is -0.350 e. The van der Waals surface area contributed by atoms with Crippen LogP contribution in [0.2, 0.25) is 0 Å². The van der Waals surface area contributed by atoms with Gasteiger partial charge in [-0.25, -0.2) is 9.36 Å². The number of carbonyl (C=O) groups excluding carboxylic acids is 2. The fourth-order valence-corrected chi connectivity index (χ4v) is 4.33. The second-order valence-corrected chi connectivity index (χ2v) is 8.76. The number of amides is 1. The summed E-state index contributed by atoms with van der Waals surface area (Å²) in [5.74, 6) is -0.846. The van der Waals surface area contributed by atoms with E-state index in [4.69, 9.17) is 0 Å². The van der Waals surface area contributed by atoms with Crippen molar-refractivity contribution in [2.75, 3.05) is 0 Å². The lowest BCUT2D eigenvalue weighted by Crippen LogP contribution is -2.44. The molecule has 0 bridgehead atoms. The molecule has 4 aromatic rings. The highest BCUT2D eigenvalue weighted by atomic mass is 19.4. The standard InChI is InChI=1S/C28H24F3N3O4/c1-3-23(25(36)32-16-18-8-6-10-20(14-18)28(29,30)31)34-24-13-5-4-12-22(24)26(37)33(27(34)38)21-11-7-9-19(15-21)17(2)35/h4-15,23H,3,16H2,1-2H3,(H,32,36). The minimum atomic E-state index is -4.52. The molecule has 1 N–H and O–H groups in total. The Labute approximate surface area is 215 Å². The third kappa shape index (κ3) is 5.15. The van der Waals surface area contributed by atoms with Gasteiger partial charge < -0.3 is 5.32 Å². The lowest BCUT2D eigenvalue weighted by Gasteiger charge is -2.22. The lowest BCUT2D eigenvalue weighted by atomic mass is 10.1. The van der Waals surface area contributed by atoms with Gasteiger partial charge in [-0.15, -0.1) is 0 Å². The molecule has 0 saturated heterocycles. The van der Waals surface area contributed by atoms with Gasteiger partial charge in [0, 0.05) is 12.1 Å². The number of alkyl halides is 3. The minimum absolute atomic E-state index is 0.157.